The van der Waals surface area contributed by atoms with Crippen LogP contribution in [0.25, 0.3) is 0 Å². The van der Waals surface area contributed by atoms with Crippen LogP contribution in [-0.2, 0) is 17.6 Å². The van der Waals surface area contributed by atoms with Crippen molar-refractivity contribution >= 4 is 11.6 Å². The fourth-order valence-electron chi connectivity index (χ4n) is 4.33. The highest BCUT2D eigenvalue weighted by molar-refractivity contribution is 5.79. The van der Waals surface area contributed by atoms with Crippen LogP contribution in [0.1, 0.15) is 24.0 Å². The predicted octanol–water partition coefficient (Wildman–Crippen LogP) is 4.06. The first-order chi connectivity index (χ1) is 13.4. The lowest BCUT2D eigenvalue weighted by Crippen LogP contribution is -2.45. The molecular weight excluding hydrogens is 365 g/mol. The van der Waals surface area contributed by atoms with Crippen LogP contribution in [0.4, 0.5) is 18.9 Å². The number of fused-ring (bicyclic) bond motifs is 1. The molecule has 2 aromatic carbocycles. The number of benzene rings is 2. The van der Waals surface area contributed by atoms with Gasteiger partial charge < -0.3 is 9.80 Å². The summed E-state index contributed by atoms with van der Waals surface area (Å²) in [5, 5.41) is 0. The van der Waals surface area contributed by atoms with Crippen molar-refractivity contribution < 1.29 is 18.0 Å². The summed E-state index contributed by atoms with van der Waals surface area (Å²) in [4.78, 5) is 16.2. The number of carbonyl (C=O) groups is 1. The minimum atomic E-state index is -2.89. The molecule has 0 radical (unpaired) electrons. The molecule has 3 nitrogen and oxygen atoms in total. The van der Waals surface area contributed by atoms with Gasteiger partial charge in [0.05, 0.1) is 19.0 Å². The highest BCUT2D eigenvalue weighted by Crippen LogP contribution is 2.35. The zero-order valence-corrected chi connectivity index (χ0v) is 15.6. The number of hydrogen-bond donors (Lipinski definition) is 0. The topological polar surface area (TPSA) is 23.6 Å². The van der Waals surface area contributed by atoms with Crippen LogP contribution < -0.4 is 4.90 Å². The Labute approximate surface area is 162 Å². The standard InChI is InChI=1S/C22H23F3N2O/c23-18-8-3-5-16(11-18)12-21(28)27-15-22(24,25)13-19(27)14-26-10-4-7-17-6-1-2-9-20(17)26/h1-3,5-6,8-9,11,19H,4,7,10,12-15H2/t19-/m0/s1. The average molecular weight is 388 g/mol. The lowest BCUT2D eigenvalue weighted by Gasteiger charge is -2.35. The van der Waals surface area contributed by atoms with Crippen molar-refractivity contribution in [3.63, 3.8) is 0 Å². The van der Waals surface area contributed by atoms with Gasteiger partial charge in [-0.05, 0) is 42.2 Å². The molecule has 0 aliphatic carbocycles. The molecule has 1 amide bonds. The smallest absolute Gasteiger partial charge is 0.267 e. The maximum atomic E-state index is 14.2. The largest absolute Gasteiger partial charge is 0.369 e. The summed E-state index contributed by atoms with van der Waals surface area (Å²) in [5.74, 6) is -3.70. The molecule has 28 heavy (non-hydrogen) atoms. The minimum absolute atomic E-state index is 0.0685. The first kappa shape index (κ1) is 18.8. The van der Waals surface area contributed by atoms with Gasteiger partial charge in [0, 0.05) is 25.2 Å². The van der Waals surface area contributed by atoms with Gasteiger partial charge >= 0.3 is 0 Å². The third-order valence-electron chi connectivity index (χ3n) is 5.58. The van der Waals surface area contributed by atoms with Crippen LogP contribution in [0.5, 0.6) is 0 Å². The number of aryl methyl sites for hydroxylation is 1. The van der Waals surface area contributed by atoms with Crippen molar-refractivity contribution in [3.8, 4) is 0 Å². The molecule has 1 fully saturated rings. The van der Waals surface area contributed by atoms with Crippen molar-refractivity contribution in [3.05, 3.63) is 65.5 Å². The van der Waals surface area contributed by atoms with E-state index < -0.39 is 24.3 Å². The van der Waals surface area contributed by atoms with E-state index in [-0.39, 0.29) is 18.7 Å². The third kappa shape index (κ3) is 4.01. The van der Waals surface area contributed by atoms with E-state index in [0.717, 1.165) is 25.1 Å². The normalized spacial score (nSPS) is 20.9. The van der Waals surface area contributed by atoms with Crippen molar-refractivity contribution in [1.82, 2.24) is 4.90 Å². The van der Waals surface area contributed by atoms with Gasteiger partial charge in [0.2, 0.25) is 5.91 Å². The molecule has 0 spiro atoms. The molecule has 2 aromatic rings. The number of anilines is 1. The van der Waals surface area contributed by atoms with Crippen molar-refractivity contribution in [1.29, 1.82) is 0 Å². The molecule has 1 saturated heterocycles. The number of amides is 1. The molecule has 2 aliphatic rings. The van der Waals surface area contributed by atoms with Gasteiger partial charge in [-0.2, -0.15) is 0 Å². The van der Waals surface area contributed by atoms with E-state index in [1.54, 1.807) is 6.07 Å². The summed E-state index contributed by atoms with van der Waals surface area (Å²) in [6.45, 7) is 0.619. The monoisotopic (exact) mass is 388 g/mol. The van der Waals surface area contributed by atoms with Crippen molar-refractivity contribution in [2.24, 2.45) is 0 Å². The Kier molecular flexibility index (Phi) is 5.04. The molecule has 1 atom stereocenters. The average Bonchev–Trinajstić information content (AvgIpc) is 2.96. The second-order valence-electron chi connectivity index (χ2n) is 7.72. The quantitative estimate of drug-likeness (QED) is 0.789. The number of carbonyl (C=O) groups excluding carboxylic acids is 1. The van der Waals surface area contributed by atoms with Crippen LogP contribution >= 0.6 is 0 Å². The summed E-state index contributed by atoms with van der Waals surface area (Å²) in [6, 6.07) is 13.2. The van der Waals surface area contributed by atoms with Gasteiger partial charge in [-0.3, -0.25) is 4.79 Å². The van der Waals surface area contributed by atoms with E-state index in [9.17, 15) is 18.0 Å². The predicted molar refractivity (Wildman–Crippen MR) is 102 cm³/mol. The Balaban J connectivity index is 1.51. The van der Waals surface area contributed by atoms with Gasteiger partial charge in [0.1, 0.15) is 5.82 Å². The SMILES string of the molecule is O=C(Cc1cccc(F)c1)N1CC(F)(F)C[C@H]1CN1CCCc2ccccc21. The Hall–Kier alpha value is -2.50. The second kappa shape index (κ2) is 7.49. The van der Waals surface area contributed by atoms with Gasteiger partial charge in [-0.15, -0.1) is 0 Å². The fourth-order valence-corrected chi connectivity index (χ4v) is 4.33. The van der Waals surface area contributed by atoms with Crippen LogP contribution in [0.3, 0.4) is 0 Å². The summed E-state index contributed by atoms with van der Waals surface area (Å²) >= 11 is 0. The van der Waals surface area contributed by atoms with Gasteiger partial charge in [0.15, 0.2) is 0 Å². The third-order valence-corrected chi connectivity index (χ3v) is 5.58. The van der Waals surface area contributed by atoms with Gasteiger partial charge in [-0.25, -0.2) is 13.2 Å². The highest BCUT2D eigenvalue weighted by atomic mass is 19.3. The molecule has 4 rings (SSSR count). The number of hydrogen-bond acceptors (Lipinski definition) is 2. The zero-order chi connectivity index (χ0) is 19.7. The van der Waals surface area contributed by atoms with Crippen molar-refractivity contribution in [2.75, 3.05) is 24.5 Å². The van der Waals surface area contributed by atoms with E-state index >= 15 is 0 Å². The summed E-state index contributed by atoms with van der Waals surface area (Å²) in [6.07, 6.45) is 1.55. The molecule has 0 unspecified atom stereocenters. The number of rotatable bonds is 4. The van der Waals surface area contributed by atoms with Crippen LogP contribution in [0.2, 0.25) is 0 Å². The van der Waals surface area contributed by atoms with E-state index in [0.29, 0.717) is 12.1 Å². The van der Waals surface area contributed by atoms with E-state index in [1.165, 1.54) is 28.7 Å². The highest BCUT2D eigenvalue weighted by Gasteiger charge is 2.47. The molecule has 2 heterocycles. The summed E-state index contributed by atoms with van der Waals surface area (Å²) in [5.41, 5.74) is 2.79. The minimum Gasteiger partial charge on any atom is -0.369 e. The Bertz CT molecular complexity index is 870. The van der Waals surface area contributed by atoms with Crippen LogP contribution in [0, 0.1) is 5.82 Å². The lowest BCUT2D eigenvalue weighted by atomic mass is 10.0. The first-order valence-corrected chi connectivity index (χ1v) is 9.66. The maximum absolute atomic E-state index is 14.2. The first-order valence-electron chi connectivity index (χ1n) is 9.66. The fraction of sp³-hybridized carbons (Fsp3) is 0.409. The Morgan fingerprint density at radius 2 is 1.96 bits per heavy atom. The van der Waals surface area contributed by atoms with Gasteiger partial charge in [-0.1, -0.05) is 30.3 Å². The molecule has 0 N–H and O–H groups in total. The molecular formula is C22H23F3N2O. The Morgan fingerprint density at radius 1 is 1.14 bits per heavy atom. The summed E-state index contributed by atoms with van der Waals surface area (Å²) < 4.78 is 41.8. The number of halogens is 3. The molecule has 6 heteroatoms. The van der Waals surface area contributed by atoms with Crippen molar-refractivity contribution in [2.45, 2.75) is 37.6 Å². The van der Waals surface area contributed by atoms with Crippen LogP contribution in [0.15, 0.2) is 48.5 Å². The Morgan fingerprint density at radius 3 is 2.79 bits per heavy atom. The molecule has 0 saturated carbocycles. The van der Waals surface area contributed by atoms with E-state index in [4.69, 9.17) is 0 Å². The lowest BCUT2D eigenvalue weighted by molar-refractivity contribution is -0.132. The van der Waals surface area contributed by atoms with E-state index in [2.05, 4.69) is 11.0 Å². The zero-order valence-electron chi connectivity index (χ0n) is 15.6. The number of para-hydroxylation sites is 1. The molecule has 0 bridgehead atoms. The maximum Gasteiger partial charge on any atom is 0.267 e. The van der Waals surface area contributed by atoms with Crippen LogP contribution in [-0.4, -0.2) is 42.4 Å². The molecule has 0 aromatic heterocycles. The number of nitrogens with zero attached hydrogens (tertiary/aromatic N) is 2. The summed E-state index contributed by atoms with van der Waals surface area (Å²) in [7, 11) is 0. The number of alkyl halides is 2. The second-order valence-corrected chi connectivity index (χ2v) is 7.72. The molecule has 2 aliphatic heterocycles. The van der Waals surface area contributed by atoms with Gasteiger partial charge in [0.25, 0.3) is 5.92 Å². The molecule has 148 valence electrons. The number of likely N-dealkylation sites (tertiary alicyclic amines) is 1. The van der Waals surface area contributed by atoms with E-state index in [1.807, 2.05) is 18.2 Å².